The lowest BCUT2D eigenvalue weighted by molar-refractivity contribution is -0.128. The van der Waals surface area contributed by atoms with Crippen LogP contribution in [0.1, 0.15) is 40.5 Å². The standard InChI is InChI=1S/C11H17NO4.C4H8O/c1-7(13)8-5-12(6-9(8)14)10(15)16-11(2,3)4;1-2-4-5-3-1/h8H,5-6H2,1-4H3;1-4H2. The Morgan fingerprint density at radius 3 is 2.14 bits per heavy atom. The predicted molar refractivity (Wildman–Crippen MR) is 77.0 cm³/mol. The highest BCUT2D eigenvalue weighted by molar-refractivity contribution is 6.05. The predicted octanol–water partition coefficient (Wildman–Crippen LogP) is 1.81. The molecule has 1 amide bonds. The summed E-state index contributed by atoms with van der Waals surface area (Å²) < 4.78 is 10.1. The number of amides is 1. The Kier molecular flexibility index (Phi) is 6.33. The molecule has 0 bridgehead atoms. The fourth-order valence-electron chi connectivity index (χ4n) is 2.02. The van der Waals surface area contributed by atoms with Crippen LogP contribution in [0.15, 0.2) is 0 Å². The van der Waals surface area contributed by atoms with Gasteiger partial charge in [-0.2, -0.15) is 0 Å². The Balaban J connectivity index is 0.000000369. The molecule has 1 unspecified atom stereocenters. The second-order valence-corrected chi connectivity index (χ2v) is 6.31. The second-order valence-electron chi connectivity index (χ2n) is 6.31. The fraction of sp³-hybridized carbons (Fsp3) is 0.800. The number of carbonyl (C=O) groups is 3. The Bertz CT molecular complexity index is 388. The van der Waals surface area contributed by atoms with Crippen LogP contribution >= 0.6 is 0 Å². The van der Waals surface area contributed by atoms with Gasteiger partial charge in [0.15, 0.2) is 5.78 Å². The van der Waals surface area contributed by atoms with Crippen LogP contribution in [0.4, 0.5) is 4.79 Å². The monoisotopic (exact) mass is 299 g/mol. The molecule has 2 aliphatic heterocycles. The topological polar surface area (TPSA) is 72.9 Å². The van der Waals surface area contributed by atoms with Crippen molar-refractivity contribution in [1.82, 2.24) is 4.90 Å². The number of nitrogens with zero attached hydrogens (tertiary/aromatic N) is 1. The average Bonchev–Trinajstić information content (AvgIpc) is 2.97. The maximum atomic E-state index is 11.6. The minimum absolute atomic E-state index is 0.0286. The van der Waals surface area contributed by atoms with Crippen LogP contribution in [0.5, 0.6) is 0 Å². The molecule has 0 radical (unpaired) electrons. The molecule has 0 aromatic rings. The van der Waals surface area contributed by atoms with Gasteiger partial charge < -0.3 is 9.47 Å². The lowest BCUT2D eigenvalue weighted by Crippen LogP contribution is -2.35. The van der Waals surface area contributed by atoms with Gasteiger partial charge in [-0.25, -0.2) is 4.79 Å². The van der Waals surface area contributed by atoms with Gasteiger partial charge in [0.25, 0.3) is 0 Å². The van der Waals surface area contributed by atoms with E-state index in [1.165, 1.54) is 24.7 Å². The minimum Gasteiger partial charge on any atom is -0.444 e. The molecule has 0 aromatic heterocycles. The van der Waals surface area contributed by atoms with Crippen molar-refractivity contribution in [3.63, 3.8) is 0 Å². The van der Waals surface area contributed by atoms with Gasteiger partial charge in [0.05, 0.1) is 12.5 Å². The number of rotatable bonds is 1. The minimum atomic E-state index is -0.674. The van der Waals surface area contributed by atoms with E-state index >= 15 is 0 Å². The van der Waals surface area contributed by atoms with Crippen molar-refractivity contribution in [1.29, 1.82) is 0 Å². The molecule has 2 fully saturated rings. The number of likely N-dealkylation sites (tertiary alicyclic amines) is 1. The van der Waals surface area contributed by atoms with Gasteiger partial charge >= 0.3 is 6.09 Å². The number of Topliss-reactive ketones (excluding diaryl/α,β-unsaturated/α-hetero) is 2. The molecular formula is C15H25NO5. The third kappa shape index (κ3) is 6.25. The Morgan fingerprint density at radius 2 is 1.81 bits per heavy atom. The average molecular weight is 299 g/mol. The summed E-state index contributed by atoms with van der Waals surface area (Å²) in [6.45, 7) is 8.74. The van der Waals surface area contributed by atoms with E-state index in [1.807, 2.05) is 0 Å². The molecule has 0 N–H and O–H groups in total. The van der Waals surface area contributed by atoms with Crippen LogP contribution in [0.2, 0.25) is 0 Å². The largest absolute Gasteiger partial charge is 0.444 e. The molecule has 2 rings (SSSR count). The number of hydrogen-bond donors (Lipinski definition) is 0. The second kappa shape index (κ2) is 7.54. The molecule has 0 aromatic carbocycles. The molecule has 1 atom stereocenters. The fourth-order valence-corrected chi connectivity index (χ4v) is 2.02. The van der Waals surface area contributed by atoms with E-state index < -0.39 is 17.6 Å². The molecule has 0 spiro atoms. The number of hydrogen-bond acceptors (Lipinski definition) is 5. The summed E-state index contributed by atoms with van der Waals surface area (Å²) in [7, 11) is 0. The zero-order valence-corrected chi connectivity index (χ0v) is 13.3. The van der Waals surface area contributed by atoms with Crippen molar-refractivity contribution < 1.29 is 23.9 Å². The van der Waals surface area contributed by atoms with E-state index in [9.17, 15) is 14.4 Å². The lowest BCUT2D eigenvalue weighted by atomic mass is 10.0. The van der Waals surface area contributed by atoms with E-state index in [2.05, 4.69) is 0 Å². The number of carbonyl (C=O) groups excluding carboxylic acids is 3. The quantitative estimate of drug-likeness (QED) is 0.690. The Morgan fingerprint density at radius 1 is 1.24 bits per heavy atom. The summed E-state index contributed by atoms with van der Waals surface area (Å²) in [5.74, 6) is -1.08. The first kappa shape index (κ1) is 17.6. The Hall–Kier alpha value is -1.43. The first-order valence-corrected chi connectivity index (χ1v) is 7.29. The molecule has 0 saturated carbocycles. The first-order chi connectivity index (χ1) is 9.70. The van der Waals surface area contributed by atoms with Gasteiger partial charge in [0.2, 0.25) is 0 Å². The van der Waals surface area contributed by atoms with Crippen LogP contribution in [0.25, 0.3) is 0 Å². The molecule has 21 heavy (non-hydrogen) atoms. The summed E-state index contributed by atoms with van der Waals surface area (Å²) in [6.07, 6.45) is 2.02. The third-order valence-electron chi connectivity index (χ3n) is 3.11. The van der Waals surface area contributed by atoms with Crippen molar-refractivity contribution in [3.8, 4) is 0 Å². The van der Waals surface area contributed by atoms with Crippen molar-refractivity contribution in [2.45, 2.75) is 46.1 Å². The van der Waals surface area contributed by atoms with Gasteiger partial charge in [-0.3, -0.25) is 14.5 Å². The molecular weight excluding hydrogens is 274 g/mol. The SMILES string of the molecule is C1CCOC1.CC(=O)C1CN(C(=O)OC(C)(C)C)CC1=O. The highest BCUT2D eigenvalue weighted by Gasteiger charge is 2.37. The third-order valence-corrected chi connectivity index (χ3v) is 3.11. The maximum Gasteiger partial charge on any atom is 0.410 e. The highest BCUT2D eigenvalue weighted by Crippen LogP contribution is 2.17. The van der Waals surface area contributed by atoms with Gasteiger partial charge in [-0.15, -0.1) is 0 Å². The van der Waals surface area contributed by atoms with Gasteiger partial charge in [-0.1, -0.05) is 0 Å². The van der Waals surface area contributed by atoms with Crippen LogP contribution in [-0.2, 0) is 19.1 Å². The van der Waals surface area contributed by atoms with E-state index in [-0.39, 0.29) is 24.7 Å². The summed E-state index contributed by atoms with van der Waals surface area (Å²) in [6, 6.07) is 0. The molecule has 2 aliphatic rings. The molecule has 0 aliphatic carbocycles. The summed E-state index contributed by atoms with van der Waals surface area (Å²) in [5, 5.41) is 0. The van der Waals surface area contributed by atoms with Crippen molar-refractivity contribution in [2.75, 3.05) is 26.3 Å². The van der Waals surface area contributed by atoms with E-state index in [0.717, 1.165) is 13.2 Å². The van der Waals surface area contributed by atoms with Crippen molar-refractivity contribution in [3.05, 3.63) is 0 Å². The van der Waals surface area contributed by atoms with Crippen molar-refractivity contribution in [2.24, 2.45) is 5.92 Å². The van der Waals surface area contributed by atoms with Crippen molar-refractivity contribution >= 4 is 17.7 Å². The van der Waals surface area contributed by atoms with Crippen LogP contribution in [0, 0.1) is 5.92 Å². The molecule has 120 valence electrons. The van der Waals surface area contributed by atoms with Gasteiger partial charge in [0, 0.05) is 19.8 Å². The molecule has 6 nitrogen and oxygen atoms in total. The smallest absolute Gasteiger partial charge is 0.410 e. The molecule has 6 heteroatoms. The van der Waals surface area contributed by atoms with Gasteiger partial charge in [-0.05, 0) is 40.5 Å². The van der Waals surface area contributed by atoms with Gasteiger partial charge in [0.1, 0.15) is 11.4 Å². The normalized spacial score (nSPS) is 21.8. The van der Waals surface area contributed by atoms with Crippen LogP contribution in [0.3, 0.4) is 0 Å². The summed E-state index contributed by atoms with van der Waals surface area (Å²) in [5.41, 5.74) is -0.589. The zero-order valence-electron chi connectivity index (χ0n) is 13.3. The molecule has 2 heterocycles. The summed E-state index contributed by atoms with van der Waals surface area (Å²) >= 11 is 0. The molecule has 2 saturated heterocycles. The maximum absolute atomic E-state index is 11.6. The Labute approximate surface area is 125 Å². The first-order valence-electron chi connectivity index (χ1n) is 7.29. The zero-order chi connectivity index (χ0) is 16.0. The van der Waals surface area contributed by atoms with Crippen LogP contribution in [-0.4, -0.2) is 54.5 Å². The van der Waals surface area contributed by atoms with E-state index in [0.29, 0.717) is 0 Å². The summed E-state index contributed by atoms with van der Waals surface area (Å²) in [4.78, 5) is 35.4. The highest BCUT2D eigenvalue weighted by atomic mass is 16.6. The van der Waals surface area contributed by atoms with Crippen LogP contribution < -0.4 is 0 Å². The number of ketones is 2. The lowest BCUT2D eigenvalue weighted by Gasteiger charge is -2.23. The van der Waals surface area contributed by atoms with E-state index in [4.69, 9.17) is 9.47 Å². The van der Waals surface area contributed by atoms with E-state index in [1.54, 1.807) is 20.8 Å². The number of ether oxygens (including phenoxy) is 2.